The van der Waals surface area contributed by atoms with Gasteiger partial charge in [-0.2, -0.15) is 4.98 Å². The van der Waals surface area contributed by atoms with Crippen LogP contribution in [0.5, 0.6) is 0 Å². The lowest BCUT2D eigenvalue weighted by Crippen LogP contribution is -2.16. The predicted octanol–water partition coefficient (Wildman–Crippen LogP) is 3.15. The average molecular weight is 429 g/mol. The number of rotatable bonds is 7. The van der Waals surface area contributed by atoms with Crippen LogP contribution in [0.2, 0.25) is 5.02 Å². The SMILES string of the molecule is O=S([O-])NCc1ccccc1Nc1nc(Nc2ccc3nccn3c2)ncc1Cl. The van der Waals surface area contributed by atoms with E-state index >= 15 is 0 Å². The molecule has 0 spiro atoms. The van der Waals surface area contributed by atoms with E-state index in [0.717, 1.165) is 16.9 Å². The van der Waals surface area contributed by atoms with Crippen molar-refractivity contribution in [2.24, 2.45) is 0 Å². The maximum absolute atomic E-state index is 10.8. The third kappa shape index (κ3) is 4.69. The van der Waals surface area contributed by atoms with E-state index in [4.69, 9.17) is 11.6 Å². The Morgan fingerprint density at radius 3 is 2.86 bits per heavy atom. The van der Waals surface area contributed by atoms with E-state index in [-0.39, 0.29) is 6.54 Å². The zero-order valence-electron chi connectivity index (χ0n) is 14.9. The molecule has 1 aromatic carbocycles. The van der Waals surface area contributed by atoms with Gasteiger partial charge >= 0.3 is 0 Å². The van der Waals surface area contributed by atoms with E-state index in [0.29, 0.717) is 22.5 Å². The van der Waals surface area contributed by atoms with Crippen molar-refractivity contribution in [3.05, 3.63) is 71.8 Å². The number of para-hydroxylation sites is 1. The third-order valence-corrected chi connectivity index (χ3v) is 4.70. The van der Waals surface area contributed by atoms with E-state index in [9.17, 15) is 8.76 Å². The van der Waals surface area contributed by atoms with Gasteiger partial charge in [-0.15, -0.1) is 0 Å². The van der Waals surface area contributed by atoms with Crippen molar-refractivity contribution in [1.82, 2.24) is 24.1 Å². The quantitative estimate of drug-likeness (QED) is 0.387. The van der Waals surface area contributed by atoms with Crippen molar-refractivity contribution >= 4 is 51.7 Å². The van der Waals surface area contributed by atoms with Gasteiger partial charge in [0.2, 0.25) is 5.95 Å². The fourth-order valence-corrected chi connectivity index (χ4v) is 3.11. The van der Waals surface area contributed by atoms with Gasteiger partial charge in [-0.25, -0.2) is 14.7 Å². The number of hydrogen-bond donors (Lipinski definition) is 3. The molecule has 9 nitrogen and oxygen atoms in total. The maximum atomic E-state index is 10.8. The Bertz CT molecular complexity index is 1180. The van der Waals surface area contributed by atoms with Gasteiger partial charge in [0.1, 0.15) is 10.7 Å². The first-order valence-corrected chi connectivity index (χ1v) is 9.94. The summed E-state index contributed by atoms with van der Waals surface area (Å²) < 4.78 is 25.8. The number of pyridine rings is 1. The Labute approximate surface area is 173 Å². The van der Waals surface area contributed by atoms with E-state index < -0.39 is 11.3 Å². The number of benzene rings is 1. The first-order chi connectivity index (χ1) is 14.1. The lowest BCUT2D eigenvalue weighted by molar-refractivity contribution is 0.522. The molecule has 0 aliphatic carbocycles. The van der Waals surface area contributed by atoms with Crippen LogP contribution in [0.4, 0.5) is 23.1 Å². The van der Waals surface area contributed by atoms with Crippen molar-refractivity contribution in [3.8, 4) is 0 Å². The van der Waals surface area contributed by atoms with Gasteiger partial charge in [0.05, 0.1) is 11.9 Å². The molecule has 0 saturated carbocycles. The van der Waals surface area contributed by atoms with Crippen LogP contribution in [0.25, 0.3) is 5.65 Å². The summed E-state index contributed by atoms with van der Waals surface area (Å²) in [6, 6.07) is 11.0. The molecule has 1 unspecified atom stereocenters. The molecule has 0 aliphatic heterocycles. The summed E-state index contributed by atoms with van der Waals surface area (Å²) in [6.45, 7) is 0.137. The summed E-state index contributed by atoms with van der Waals surface area (Å²) in [4.78, 5) is 12.9. The molecule has 3 aromatic heterocycles. The highest BCUT2D eigenvalue weighted by Crippen LogP contribution is 2.27. The van der Waals surface area contributed by atoms with E-state index in [1.807, 2.05) is 47.1 Å². The number of halogens is 1. The van der Waals surface area contributed by atoms with Crippen molar-refractivity contribution in [2.45, 2.75) is 6.54 Å². The van der Waals surface area contributed by atoms with Crippen LogP contribution >= 0.6 is 11.6 Å². The molecular formula is C18H15ClN7O2S-. The standard InChI is InChI=1S/C18H16ClN7O2S/c19-14-10-21-18(23-13-5-6-16-20-7-8-26(16)11-13)25-17(14)24-15-4-2-1-3-12(15)9-22-29(27)28/h1-8,10-11,22H,9H2,(H,27,28)(H2,21,23,24,25)/p-1. The number of nitrogens with zero attached hydrogens (tertiary/aromatic N) is 4. The van der Waals surface area contributed by atoms with Gasteiger partial charge in [0, 0.05) is 42.1 Å². The molecule has 0 radical (unpaired) electrons. The van der Waals surface area contributed by atoms with Crippen molar-refractivity contribution in [2.75, 3.05) is 10.6 Å². The molecule has 11 heteroatoms. The van der Waals surface area contributed by atoms with Gasteiger partial charge in [-0.3, -0.25) is 4.21 Å². The Kier molecular flexibility index (Phi) is 5.67. The molecule has 4 rings (SSSR count). The Morgan fingerprint density at radius 1 is 1.14 bits per heavy atom. The molecule has 3 heterocycles. The van der Waals surface area contributed by atoms with Crippen LogP contribution in [0.1, 0.15) is 5.56 Å². The zero-order valence-corrected chi connectivity index (χ0v) is 16.4. The largest absolute Gasteiger partial charge is 0.760 e. The number of imidazole rings is 1. The minimum Gasteiger partial charge on any atom is -0.760 e. The number of anilines is 4. The van der Waals surface area contributed by atoms with Crippen LogP contribution < -0.4 is 15.4 Å². The normalized spacial score (nSPS) is 12.1. The highest BCUT2D eigenvalue weighted by Gasteiger charge is 2.09. The van der Waals surface area contributed by atoms with E-state index in [2.05, 4.69) is 30.3 Å². The number of nitrogens with one attached hydrogen (secondary N) is 3. The maximum Gasteiger partial charge on any atom is 0.229 e. The first-order valence-electron chi connectivity index (χ1n) is 8.48. The van der Waals surface area contributed by atoms with Gasteiger partial charge in [-0.05, 0) is 23.8 Å². The first kappa shape index (κ1) is 19.3. The smallest absolute Gasteiger partial charge is 0.229 e. The second-order valence-corrected chi connectivity index (χ2v) is 7.13. The molecule has 29 heavy (non-hydrogen) atoms. The summed E-state index contributed by atoms with van der Waals surface area (Å²) in [5, 5.41) is 6.60. The Morgan fingerprint density at radius 2 is 2.00 bits per heavy atom. The molecule has 3 N–H and O–H groups in total. The lowest BCUT2D eigenvalue weighted by atomic mass is 10.2. The van der Waals surface area contributed by atoms with Gasteiger partial charge in [-0.1, -0.05) is 29.8 Å². The molecule has 0 bridgehead atoms. The van der Waals surface area contributed by atoms with Gasteiger partial charge < -0.3 is 19.6 Å². The minimum absolute atomic E-state index is 0.137. The molecule has 148 valence electrons. The van der Waals surface area contributed by atoms with Crippen LogP contribution in [-0.4, -0.2) is 28.1 Å². The van der Waals surface area contributed by atoms with Crippen molar-refractivity contribution < 1.29 is 8.76 Å². The monoisotopic (exact) mass is 428 g/mol. The predicted molar refractivity (Wildman–Crippen MR) is 111 cm³/mol. The summed E-state index contributed by atoms with van der Waals surface area (Å²) in [5.41, 5.74) is 3.04. The highest BCUT2D eigenvalue weighted by atomic mass is 35.5. The molecule has 4 aromatic rings. The topological polar surface area (TPSA) is 119 Å². The summed E-state index contributed by atoms with van der Waals surface area (Å²) in [5.74, 6) is 0.746. The minimum atomic E-state index is -2.35. The van der Waals surface area contributed by atoms with Crippen LogP contribution in [0, 0.1) is 0 Å². The van der Waals surface area contributed by atoms with Crippen LogP contribution in [0.3, 0.4) is 0 Å². The summed E-state index contributed by atoms with van der Waals surface area (Å²) in [6.07, 6.45) is 6.92. The van der Waals surface area contributed by atoms with Gasteiger partial charge in [0.25, 0.3) is 0 Å². The lowest BCUT2D eigenvalue weighted by Gasteiger charge is -2.14. The fraction of sp³-hybridized carbons (Fsp3) is 0.0556. The third-order valence-electron chi connectivity index (χ3n) is 4.04. The molecular weight excluding hydrogens is 414 g/mol. The number of aromatic nitrogens is 4. The number of fused-ring (bicyclic) bond motifs is 1. The molecule has 0 fully saturated rings. The van der Waals surface area contributed by atoms with Crippen LogP contribution in [-0.2, 0) is 17.8 Å². The van der Waals surface area contributed by atoms with Crippen molar-refractivity contribution in [3.63, 3.8) is 0 Å². The highest BCUT2D eigenvalue weighted by molar-refractivity contribution is 7.77. The second-order valence-electron chi connectivity index (χ2n) is 5.96. The molecule has 0 saturated heterocycles. The zero-order chi connectivity index (χ0) is 20.2. The van der Waals surface area contributed by atoms with Crippen molar-refractivity contribution in [1.29, 1.82) is 0 Å². The Balaban J connectivity index is 1.56. The molecule has 1 atom stereocenters. The summed E-state index contributed by atoms with van der Waals surface area (Å²) in [7, 11) is 0. The summed E-state index contributed by atoms with van der Waals surface area (Å²) >= 11 is 3.90. The molecule has 0 amide bonds. The second kappa shape index (κ2) is 8.53. The number of hydrogen-bond acceptors (Lipinski definition) is 7. The average Bonchev–Trinajstić information content (AvgIpc) is 3.17. The van der Waals surface area contributed by atoms with E-state index in [1.54, 1.807) is 12.3 Å². The fourth-order valence-electron chi connectivity index (χ4n) is 2.70. The molecule has 0 aliphatic rings. The van der Waals surface area contributed by atoms with E-state index in [1.165, 1.54) is 6.20 Å². The van der Waals surface area contributed by atoms with Crippen LogP contribution in [0.15, 0.2) is 61.2 Å². The van der Waals surface area contributed by atoms with Gasteiger partial charge in [0.15, 0.2) is 5.82 Å². The Hall–Kier alpha value is -3.05.